The summed E-state index contributed by atoms with van der Waals surface area (Å²) >= 11 is 5.53. The van der Waals surface area contributed by atoms with Crippen LogP contribution in [0.25, 0.3) is 0 Å². The quantitative estimate of drug-likeness (QED) is 0.510. The molecule has 0 aliphatic rings. The Morgan fingerprint density at radius 2 is 2.00 bits per heavy atom. The van der Waals surface area contributed by atoms with Gasteiger partial charge in [-0.15, -0.1) is 0 Å². The van der Waals surface area contributed by atoms with Crippen LogP contribution < -0.4 is 4.72 Å². The van der Waals surface area contributed by atoms with E-state index in [1.165, 1.54) is 12.3 Å². The van der Waals surface area contributed by atoms with E-state index in [9.17, 15) is 18.5 Å². The lowest BCUT2D eigenvalue weighted by molar-refractivity contribution is -0.389. The molecular formula is C9H6ClN5O4S. The van der Waals surface area contributed by atoms with Gasteiger partial charge in [-0.2, -0.15) is 4.98 Å². The topological polar surface area (TPSA) is 128 Å². The fourth-order valence-electron chi connectivity index (χ4n) is 1.23. The highest BCUT2D eigenvalue weighted by atomic mass is 35.5. The zero-order valence-corrected chi connectivity index (χ0v) is 11.2. The zero-order chi connectivity index (χ0) is 14.8. The molecule has 9 nitrogen and oxygen atoms in total. The standard InChI is InChI=1S/C9H6ClN5O4S/c10-9-11-4-3-7(13-9)14-20(18,19)6-1-2-8(12-5-6)15(16)17/h1-5H,(H,11,13,14). The maximum Gasteiger partial charge on any atom is 0.363 e. The second-order valence-corrected chi connectivity index (χ2v) is 5.45. The van der Waals surface area contributed by atoms with Gasteiger partial charge >= 0.3 is 5.82 Å². The molecule has 0 atom stereocenters. The third-order valence-electron chi connectivity index (χ3n) is 2.08. The lowest BCUT2D eigenvalue weighted by Gasteiger charge is -2.05. The van der Waals surface area contributed by atoms with Gasteiger partial charge in [0, 0.05) is 12.3 Å². The molecule has 20 heavy (non-hydrogen) atoms. The third kappa shape index (κ3) is 3.16. The van der Waals surface area contributed by atoms with Crippen molar-refractivity contribution in [3.8, 4) is 0 Å². The highest BCUT2D eigenvalue weighted by molar-refractivity contribution is 7.92. The highest BCUT2D eigenvalue weighted by Crippen LogP contribution is 2.16. The van der Waals surface area contributed by atoms with Gasteiger partial charge in [0.25, 0.3) is 10.0 Å². The maximum atomic E-state index is 12.0. The molecule has 2 rings (SSSR count). The first kappa shape index (κ1) is 14.1. The fourth-order valence-corrected chi connectivity index (χ4v) is 2.32. The van der Waals surface area contributed by atoms with E-state index < -0.39 is 20.8 Å². The summed E-state index contributed by atoms with van der Waals surface area (Å²) in [6.45, 7) is 0. The van der Waals surface area contributed by atoms with Crippen LogP contribution in [-0.2, 0) is 10.0 Å². The van der Waals surface area contributed by atoms with Crippen LogP contribution in [0.5, 0.6) is 0 Å². The van der Waals surface area contributed by atoms with Crippen molar-refractivity contribution in [1.29, 1.82) is 0 Å². The van der Waals surface area contributed by atoms with E-state index in [2.05, 4.69) is 19.7 Å². The van der Waals surface area contributed by atoms with E-state index in [1.807, 2.05) is 0 Å². The van der Waals surface area contributed by atoms with Crippen molar-refractivity contribution >= 4 is 33.3 Å². The van der Waals surface area contributed by atoms with Gasteiger partial charge < -0.3 is 10.1 Å². The minimum absolute atomic E-state index is 0.0247. The molecule has 0 amide bonds. The van der Waals surface area contributed by atoms with E-state index in [4.69, 9.17) is 11.6 Å². The second-order valence-electron chi connectivity index (χ2n) is 3.43. The smallest absolute Gasteiger partial charge is 0.358 e. The number of hydrogen-bond acceptors (Lipinski definition) is 7. The lowest BCUT2D eigenvalue weighted by Crippen LogP contribution is -2.14. The number of nitrogens with one attached hydrogen (secondary N) is 1. The number of aromatic nitrogens is 3. The van der Waals surface area contributed by atoms with Crippen LogP contribution in [-0.4, -0.2) is 28.3 Å². The summed E-state index contributed by atoms with van der Waals surface area (Å²) in [7, 11) is -3.96. The van der Waals surface area contributed by atoms with Crippen LogP contribution in [0.2, 0.25) is 5.28 Å². The van der Waals surface area contributed by atoms with E-state index in [0.717, 1.165) is 18.3 Å². The van der Waals surface area contributed by atoms with Crippen LogP contribution in [0.3, 0.4) is 0 Å². The molecule has 2 aromatic rings. The number of nitrogens with zero attached hydrogens (tertiary/aromatic N) is 4. The molecule has 0 unspecified atom stereocenters. The Morgan fingerprint density at radius 3 is 2.55 bits per heavy atom. The van der Waals surface area contributed by atoms with Gasteiger partial charge in [-0.1, -0.05) is 0 Å². The van der Waals surface area contributed by atoms with Crippen molar-refractivity contribution in [3.05, 3.63) is 46.0 Å². The van der Waals surface area contributed by atoms with Gasteiger partial charge in [0.15, 0.2) is 6.20 Å². The number of anilines is 1. The normalized spacial score (nSPS) is 11.1. The molecule has 0 bridgehead atoms. The van der Waals surface area contributed by atoms with Gasteiger partial charge in [-0.25, -0.2) is 13.4 Å². The van der Waals surface area contributed by atoms with Crippen molar-refractivity contribution in [2.75, 3.05) is 4.72 Å². The Morgan fingerprint density at radius 1 is 1.25 bits per heavy atom. The first-order chi connectivity index (χ1) is 9.38. The summed E-state index contributed by atoms with van der Waals surface area (Å²) in [4.78, 5) is 20.2. The molecule has 1 N–H and O–H groups in total. The summed E-state index contributed by atoms with van der Waals surface area (Å²) < 4.78 is 26.1. The van der Waals surface area contributed by atoms with Crippen molar-refractivity contribution in [2.24, 2.45) is 0 Å². The number of nitro groups is 1. The molecule has 2 heterocycles. The summed E-state index contributed by atoms with van der Waals surface area (Å²) in [6, 6.07) is 3.36. The SMILES string of the molecule is O=[N+]([O-])c1ccc(S(=O)(=O)Nc2ccnc(Cl)n2)cn1. The van der Waals surface area contributed by atoms with E-state index in [0.29, 0.717) is 0 Å². The van der Waals surface area contributed by atoms with Gasteiger partial charge in [-0.05, 0) is 33.6 Å². The Balaban J connectivity index is 2.28. The predicted molar refractivity (Wildman–Crippen MR) is 68.7 cm³/mol. The van der Waals surface area contributed by atoms with Crippen LogP contribution in [0.15, 0.2) is 35.5 Å². The molecule has 104 valence electrons. The Labute approximate surface area is 117 Å². The van der Waals surface area contributed by atoms with Crippen LogP contribution in [0.1, 0.15) is 0 Å². The Hall–Kier alpha value is -2.33. The number of halogens is 1. The average Bonchev–Trinajstić information content (AvgIpc) is 2.38. The number of hydrogen-bond donors (Lipinski definition) is 1. The number of sulfonamides is 1. The second kappa shape index (κ2) is 5.35. The van der Waals surface area contributed by atoms with Crippen LogP contribution >= 0.6 is 11.6 Å². The van der Waals surface area contributed by atoms with Crippen molar-refractivity contribution in [1.82, 2.24) is 15.0 Å². The maximum absolute atomic E-state index is 12.0. The molecule has 0 radical (unpaired) electrons. The van der Waals surface area contributed by atoms with Crippen LogP contribution in [0.4, 0.5) is 11.6 Å². The molecule has 0 saturated carbocycles. The summed E-state index contributed by atoms with van der Waals surface area (Å²) in [5, 5.41) is 10.3. The molecule has 0 aromatic carbocycles. The Kier molecular flexibility index (Phi) is 3.77. The minimum atomic E-state index is -3.96. The molecule has 2 aromatic heterocycles. The molecule has 0 aliphatic heterocycles. The van der Waals surface area contributed by atoms with E-state index >= 15 is 0 Å². The van der Waals surface area contributed by atoms with Gasteiger partial charge in [0.05, 0.1) is 0 Å². The molecule has 11 heteroatoms. The molecule has 0 fully saturated rings. The summed E-state index contributed by atoms with van der Waals surface area (Å²) in [5.74, 6) is -0.475. The van der Waals surface area contributed by atoms with Gasteiger partial charge in [0.2, 0.25) is 5.28 Å². The lowest BCUT2D eigenvalue weighted by atomic mass is 10.5. The van der Waals surface area contributed by atoms with Crippen molar-refractivity contribution < 1.29 is 13.3 Å². The monoisotopic (exact) mass is 315 g/mol. The van der Waals surface area contributed by atoms with E-state index in [1.54, 1.807) is 0 Å². The van der Waals surface area contributed by atoms with E-state index in [-0.39, 0.29) is 16.0 Å². The molecule has 0 spiro atoms. The number of pyridine rings is 1. The van der Waals surface area contributed by atoms with Gasteiger partial charge in [-0.3, -0.25) is 4.72 Å². The predicted octanol–water partition coefficient (Wildman–Crippen LogP) is 1.23. The molecule has 0 saturated heterocycles. The number of rotatable bonds is 4. The third-order valence-corrected chi connectivity index (χ3v) is 3.61. The van der Waals surface area contributed by atoms with Crippen molar-refractivity contribution in [2.45, 2.75) is 4.90 Å². The zero-order valence-electron chi connectivity index (χ0n) is 9.59. The summed E-state index contributed by atoms with van der Waals surface area (Å²) in [5.41, 5.74) is 0. The van der Waals surface area contributed by atoms with Crippen molar-refractivity contribution in [3.63, 3.8) is 0 Å². The average molecular weight is 316 g/mol. The summed E-state index contributed by atoms with van der Waals surface area (Å²) in [6.07, 6.45) is 2.16. The molecule has 0 aliphatic carbocycles. The highest BCUT2D eigenvalue weighted by Gasteiger charge is 2.19. The first-order valence-electron chi connectivity index (χ1n) is 5.00. The first-order valence-corrected chi connectivity index (χ1v) is 6.86. The molecular weight excluding hydrogens is 310 g/mol. The fraction of sp³-hybridized carbons (Fsp3) is 0. The van der Waals surface area contributed by atoms with Crippen LogP contribution in [0, 0.1) is 10.1 Å². The largest absolute Gasteiger partial charge is 0.363 e. The Bertz CT molecular complexity index is 749. The van der Waals surface area contributed by atoms with Gasteiger partial charge in [0.1, 0.15) is 10.7 Å². The minimum Gasteiger partial charge on any atom is -0.358 e.